The van der Waals surface area contributed by atoms with Crippen LogP contribution in [0.2, 0.25) is 10.0 Å². The molecule has 2 aromatic rings. The van der Waals surface area contributed by atoms with Crippen LogP contribution in [0.3, 0.4) is 0 Å². The van der Waals surface area contributed by atoms with Gasteiger partial charge in [0.1, 0.15) is 12.7 Å². The molecule has 0 aromatic heterocycles. The predicted octanol–water partition coefficient (Wildman–Crippen LogP) is 4.15. The molecule has 0 amide bonds. The van der Waals surface area contributed by atoms with Crippen LogP contribution in [0.15, 0.2) is 36.4 Å². The average Bonchev–Trinajstić information content (AvgIpc) is 2.47. The Morgan fingerprint density at radius 1 is 1.14 bits per heavy atom. The van der Waals surface area contributed by atoms with E-state index in [0.717, 1.165) is 23.3 Å². The largest absolute Gasteiger partial charge is 0.486 e. The first-order chi connectivity index (χ1) is 10.2. The van der Waals surface area contributed by atoms with Crippen molar-refractivity contribution >= 4 is 23.2 Å². The van der Waals surface area contributed by atoms with Gasteiger partial charge >= 0.3 is 0 Å². The lowest BCUT2D eigenvalue weighted by atomic mass is 10.0. The van der Waals surface area contributed by atoms with Gasteiger partial charge in [-0.1, -0.05) is 41.4 Å². The average molecular weight is 324 g/mol. The van der Waals surface area contributed by atoms with Gasteiger partial charge in [0.25, 0.3) is 0 Å². The molecule has 2 aromatic carbocycles. The fraction of sp³-hybridized carbons (Fsp3) is 0.250. The topological polar surface area (TPSA) is 44.5 Å². The summed E-state index contributed by atoms with van der Waals surface area (Å²) < 4.78 is 11.8. The molecule has 21 heavy (non-hydrogen) atoms. The normalized spacial score (nSPS) is 16.8. The van der Waals surface area contributed by atoms with Crippen molar-refractivity contribution in [3.05, 3.63) is 46.4 Å². The second-order valence-electron chi connectivity index (χ2n) is 4.89. The van der Waals surface area contributed by atoms with Crippen molar-refractivity contribution in [2.24, 2.45) is 5.73 Å². The van der Waals surface area contributed by atoms with E-state index in [1.54, 1.807) is 6.07 Å². The van der Waals surface area contributed by atoms with Crippen molar-refractivity contribution in [2.75, 3.05) is 13.2 Å². The lowest BCUT2D eigenvalue weighted by Gasteiger charge is -2.28. The number of fused-ring (bicyclic) bond motifs is 1. The van der Waals surface area contributed by atoms with E-state index in [0.29, 0.717) is 28.9 Å². The molecule has 3 rings (SSSR count). The molecule has 1 aliphatic heterocycles. The van der Waals surface area contributed by atoms with E-state index in [2.05, 4.69) is 0 Å². The lowest BCUT2D eigenvalue weighted by molar-refractivity contribution is 0.0873. The highest BCUT2D eigenvalue weighted by Gasteiger charge is 2.24. The van der Waals surface area contributed by atoms with Crippen LogP contribution in [-0.2, 0) is 0 Å². The molecule has 0 saturated heterocycles. The molecular weight excluding hydrogens is 309 g/mol. The third-order valence-electron chi connectivity index (χ3n) is 3.40. The number of benzene rings is 2. The quantitative estimate of drug-likeness (QED) is 0.922. The maximum atomic E-state index is 6.30. The second kappa shape index (κ2) is 6.14. The SMILES string of the molecule is NCCC1COc2cccc(-c3ccc(Cl)cc3Cl)c2O1. The Labute approximate surface area is 133 Å². The second-order valence-corrected chi connectivity index (χ2v) is 5.73. The highest BCUT2D eigenvalue weighted by molar-refractivity contribution is 6.36. The molecule has 3 nitrogen and oxygen atoms in total. The lowest BCUT2D eigenvalue weighted by Crippen LogP contribution is -2.31. The van der Waals surface area contributed by atoms with Crippen LogP contribution in [0.1, 0.15) is 6.42 Å². The summed E-state index contributed by atoms with van der Waals surface area (Å²) in [5.41, 5.74) is 7.37. The Kier molecular flexibility index (Phi) is 4.24. The minimum absolute atomic E-state index is 0.0327. The number of hydrogen-bond acceptors (Lipinski definition) is 3. The third-order valence-corrected chi connectivity index (χ3v) is 3.95. The first-order valence-electron chi connectivity index (χ1n) is 6.77. The van der Waals surface area contributed by atoms with Gasteiger partial charge in [-0.3, -0.25) is 0 Å². The van der Waals surface area contributed by atoms with E-state index in [4.69, 9.17) is 38.4 Å². The molecule has 5 heteroatoms. The summed E-state index contributed by atoms with van der Waals surface area (Å²) >= 11 is 12.3. The maximum absolute atomic E-state index is 6.30. The molecule has 2 N–H and O–H groups in total. The van der Waals surface area contributed by atoms with Crippen molar-refractivity contribution in [3.63, 3.8) is 0 Å². The minimum atomic E-state index is -0.0327. The summed E-state index contributed by atoms with van der Waals surface area (Å²) in [6.07, 6.45) is 0.719. The zero-order valence-corrected chi connectivity index (χ0v) is 12.8. The predicted molar refractivity (Wildman–Crippen MR) is 85.5 cm³/mol. The molecule has 1 aliphatic rings. The highest BCUT2D eigenvalue weighted by Crippen LogP contribution is 2.43. The molecule has 1 heterocycles. The van der Waals surface area contributed by atoms with Gasteiger partial charge in [-0.25, -0.2) is 0 Å². The zero-order chi connectivity index (χ0) is 14.8. The van der Waals surface area contributed by atoms with E-state index in [-0.39, 0.29) is 6.10 Å². The van der Waals surface area contributed by atoms with Crippen LogP contribution in [0.25, 0.3) is 11.1 Å². The minimum Gasteiger partial charge on any atom is -0.486 e. The number of halogens is 2. The van der Waals surface area contributed by atoms with Crippen molar-refractivity contribution in [1.29, 1.82) is 0 Å². The van der Waals surface area contributed by atoms with Crippen molar-refractivity contribution < 1.29 is 9.47 Å². The Bertz CT molecular complexity index is 661. The molecule has 0 radical (unpaired) electrons. The van der Waals surface area contributed by atoms with E-state index in [9.17, 15) is 0 Å². The summed E-state index contributed by atoms with van der Waals surface area (Å²) in [5.74, 6) is 1.44. The van der Waals surface area contributed by atoms with E-state index >= 15 is 0 Å². The number of ether oxygens (including phenoxy) is 2. The standard InChI is InChI=1S/C16H15Cl2NO2/c17-10-4-5-12(14(18)8-10)13-2-1-3-15-16(13)21-11(6-7-19)9-20-15/h1-5,8,11H,6-7,9,19H2. The van der Waals surface area contributed by atoms with Crippen molar-refractivity contribution in [1.82, 2.24) is 0 Å². The summed E-state index contributed by atoms with van der Waals surface area (Å²) in [5, 5.41) is 1.19. The Morgan fingerprint density at radius 3 is 2.76 bits per heavy atom. The first kappa shape index (κ1) is 14.5. The van der Waals surface area contributed by atoms with Gasteiger partial charge in [-0.2, -0.15) is 0 Å². The van der Waals surface area contributed by atoms with E-state index in [1.165, 1.54) is 0 Å². The summed E-state index contributed by atoms with van der Waals surface area (Å²) in [4.78, 5) is 0. The Morgan fingerprint density at radius 2 is 2.00 bits per heavy atom. The fourth-order valence-electron chi connectivity index (χ4n) is 2.38. The summed E-state index contributed by atoms with van der Waals surface area (Å²) in [7, 11) is 0. The highest BCUT2D eigenvalue weighted by atomic mass is 35.5. The first-order valence-corrected chi connectivity index (χ1v) is 7.52. The number of rotatable bonds is 3. The van der Waals surface area contributed by atoms with Gasteiger partial charge in [0, 0.05) is 16.1 Å². The monoisotopic (exact) mass is 323 g/mol. The zero-order valence-electron chi connectivity index (χ0n) is 11.3. The van der Waals surface area contributed by atoms with Crippen LogP contribution >= 0.6 is 23.2 Å². The molecule has 0 fully saturated rings. The van der Waals surface area contributed by atoms with Crippen LogP contribution in [0.5, 0.6) is 11.5 Å². The Balaban J connectivity index is 2.04. The van der Waals surface area contributed by atoms with Crippen LogP contribution in [-0.4, -0.2) is 19.3 Å². The maximum Gasteiger partial charge on any atom is 0.169 e. The van der Waals surface area contributed by atoms with Gasteiger partial charge in [-0.15, -0.1) is 0 Å². The van der Waals surface area contributed by atoms with Gasteiger partial charge in [0.2, 0.25) is 0 Å². The summed E-state index contributed by atoms with van der Waals surface area (Å²) in [6, 6.07) is 11.2. The van der Waals surface area contributed by atoms with Crippen molar-refractivity contribution in [2.45, 2.75) is 12.5 Å². The third kappa shape index (κ3) is 2.95. The molecule has 0 saturated carbocycles. The van der Waals surface area contributed by atoms with E-state index < -0.39 is 0 Å². The molecular formula is C16H15Cl2NO2. The smallest absolute Gasteiger partial charge is 0.169 e. The number of nitrogens with two attached hydrogens (primary N) is 1. The van der Waals surface area contributed by atoms with Gasteiger partial charge in [-0.05, 0) is 31.2 Å². The van der Waals surface area contributed by atoms with Crippen LogP contribution in [0, 0.1) is 0 Å². The molecule has 0 spiro atoms. The number of hydrogen-bond donors (Lipinski definition) is 1. The Hall–Kier alpha value is -1.42. The number of para-hydroxylation sites is 1. The van der Waals surface area contributed by atoms with Gasteiger partial charge in [0.05, 0.1) is 5.02 Å². The molecule has 0 aliphatic carbocycles. The fourth-order valence-corrected chi connectivity index (χ4v) is 2.89. The molecule has 110 valence electrons. The molecule has 1 unspecified atom stereocenters. The van der Waals surface area contributed by atoms with Crippen LogP contribution in [0.4, 0.5) is 0 Å². The summed E-state index contributed by atoms with van der Waals surface area (Å²) in [6.45, 7) is 1.08. The van der Waals surface area contributed by atoms with Gasteiger partial charge in [0.15, 0.2) is 11.5 Å². The van der Waals surface area contributed by atoms with E-state index in [1.807, 2.05) is 30.3 Å². The van der Waals surface area contributed by atoms with Crippen molar-refractivity contribution in [3.8, 4) is 22.6 Å². The molecule has 1 atom stereocenters. The molecule has 0 bridgehead atoms. The van der Waals surface area contributed by atoms with Gasteiger partial charge < -0.3 is 15.2 Å². The van der Waals surface area contributed by atoms with Crippen LogP contribution < -0.4 is 15.2 Å².